The molecule has 0 radical (unpaired) electrons. The number of halogens is 7. The molecule has 0 bridgehead atoms. The van der Waals surface area contributed by atoms with Crippen LogP contribution in [0, 0.1) is 0 Å². The minimum atomic E-state index is -5.08. The van der Waals surface area contributed by atoms with Gasteiger partial charge in [-0.3, -0.25) is 4.90 Å². The van der Waals surface area contributed by atoms with Crippen molar-refractivity contribution >= 4 is 23.5 Å². The standard InChI is InChI=1S/C18H21ClN6.2C2HF3O2/c1-23-11-8-20-18(23)13-24-9-6-14(7-10-24)25-12-17(21-22-25)15-4-2-3-5-16(15)19;2*3-2(4,5)1(6)7/h2-5,8,11-12,14H,6-7,9-10,13H2,1H3;2*(H,6,7). The van der Waals surface area contributed by atoms with Gasteiger partial charge in [-0.05, 0) is 18.9 Å². The third kappa shape index (κ3) is 9.86. The molecule has 0 spiro atoms. The van der Waals surface area contributed by atoms with Gasteiger partial charge in [-0.25, -0.2) is 19.3 Å². The van der Waals surface area contributed by atoms with Crippen LogP contribution < -0.4 is 0 Å². The summed E-state index contributed by atoms with van der Waals surface area (Å²) >= 11 is 6.26. The second-order valence-electron chi connectivity index (χ2n) is 8.13. The first kappa shape index (κ1) is 31.6. The second kappa shape index (κ2) is 13.4. The number of benzene rings is 1. The lowest BCUT2D eigenvalue weighted by Gasteiger charge is -2.31. The highest BCUT2D eigenvalue weighted by atomic mass is 35.5. The van der Waals surface area contributed by atoms with Crippen LogP contribution in [0.4, 0.5) is 26.3 Å². The van der Waals surface area contributed by atoms with Gasteiger partial charge in [0, 0.05) is 38.1 Å². The third-order valence-electron chi connectivity index (χ3n) is 5.36. The van der Waals surface area contributed by atoms with Crippen molar-refractivity contribution in [2.75, 3.05) is 13.1 Å². The van der Waals surface area contributed by atoms with Crippen LogP contribution in [-0.4, -0.2) is 77.0 Å². The molecule has 1 aromatic carbocycles. The molecule has 0 aliphatic carbocycles. The summed E-state index contributed by atoms with van der Waals surface area (Å²) in [5.41, 5.74) is 1.77. The zero-order valence-corrected chi connectivity index (χ0v) is 21.0. The number of carboxylic acid groups (broad SMARTS) is 2. The van der Waals surface area contributed by atoms with Crippen LogP contribution in [0.2, 0.25) is 5.02 Å². The molecule has 3 aromatic rings. The van der Waals surface area contributed by atoms with Crippen LogP contribution >= 0.6 is 11.6 Å². The summed E-state index contributed by atoms with van der Waals surface area (Å²) < 4.78 is 67.6. The number of carboxylic acids is 2. The van der Waals surface area contributed by atoms with Crippen molar-refractivity contribution in [3.8, 4) is 11.3 Å². The Morgan fingerprint density at radius 2 is 1.56 bits per heavy atom. The summed E-state index contributed by atoms with van der Waals surface area (Å²) in [6.07, 6.45) is -2.17. The molecule has 0 amide bonds. The normalized spacial score (nSPS) is 14.6. The van der Waals surface area contributed by atoms with E-state index in [0.29, 0.717) is 11.1 Å². The van der Waals surface area contributed by atoms with Crippen LogP contribution in [0.15, 0.2) is 42.9 Å². The van der Waals surface area contributed by atoms with Gasteiger partial charge in [-0.15, -0.1) is 5.10 Å². The third-order valence-corrected chi connectivity index (χ3v) is 5.69. The summed E-state index contributed by atoms with van der Waals surface area (Å²) in [5.74, 6) is -4.40. The maximum Gasteiger partial charge on any atom is 0.490 e. The van der Waals surface area contributed by atoms with Crippen molar-refractivity contribution in [3.63, 3.8) is 0 Å². The Kier molecular flexibility index (Phi) is 10.9. The number of likely N-dealkylation sites (tertiary alicyclic amines) is 1. The number of imidazole rings is 1. The largest absolute Gasteiger partial charge is 0.490 e. The van der Waals surface area contributed by atoms with Crippen molar-refractivity contribution in [1.82, 2.24) is 29.4 Å². The van der Waals surface area contributed by atoms with Gasteiger partial charge in [-0.1, -0.05) is 35.0 Å². The number of aryl methyl sites for hydroxylation is 1. The van der Waals surface area contributed by atoms with Gasteiger partial charge >= 0.3 is 24.3 Å². The SMILES string of the molecule is Cn1ccnc1CN1CCC(n2cc(-c3ccccc3Cl)nn2)CC1.O=C(O)C(F)(F)F.O=C(O)C(F)(F)F. The highest BCUT2D eigenvalue weighted by molar-refractivity contribution is 6.33. The van der Waals surface area contributed by atoms with E-state index in [1.54, 1.807) is 0 Å². The van der Waals surface area contributed by atoms with E-state index in [1.165, 1.54) is 0 Å². The molecule has 2 aromatic heterocycles. The van der Waals surface area contributed by atoms with E-state index in [1.807, 2.05) is 54.6 Å². The van der Waals surface area contributed by atoms with Gasteiger partial charge in [0.1, 0.15) is 11.5 Å². The maximum absolute atomic E-state index is 10.6. The molecule has 1 aliphatic heterocycles. The van der Waals surface area contributed by atoms with E-state index in [2.05, 4.69) is 24.8 Å². The smallest absolute Gasteiger partial charge is 0.475 e. The maximum atomic E-state index is 10.6. The number of piperidine rings is 1. The van der Waals surface area contributed by atoms with Gasteiger partial charge in [-0.2, -0.15) is 26.3 Å². The predicted molar refractivity (Wildman–Crippen MR) is 125 cm³/mol. The van der Waals surface area contributed by atoms with E-state index in [9.17, 15) is 26.3 Å². The first-order valence-corrected chi connectivity index (χ1v) is 11.4. The van der Waals surface area contributed by atoms with Gasteiger partial charge < -0.3 is 14.8 Å². The number of nitrogens with zero attached hydrogens (tertiary/aromatic N) is 6. The summed E-state index contributed by atoms with van der Waals surface area (Å²) in [4.78, 5) is 24.7. The fourth-order valence-corrected chi connectivity index (χ4v) is 3.57. The Labute approximate surface area is 222 Å². The van der Waals surface area contributed by atoms with Crippen molar-refractivity contribution in [3.05, 3.63) is 53.7 Å². The molecule has 39 heavy (non-hydrogen) atoms. The number of aromatic nitrogens is 5. The Morgan fingerprint density at radius 3 is 2.03 bits per heavy atom. The average Bonchev–Trinajstić information content (AvgIpc) is 3.49. The molecular weight excluding hydrogens is 562 g/mol. The number of rotatable bonds is 4. The second-order valence-corrected chi connectivity index (χ2v) is 8.54. The van der Waals surface area contributed by atoms with E-state index in [0.717, 1.165) is 49.6 Å². The lowest BCUT2D eigenvalue weighted by Crippen LogP contribution is -2.35. The van der Waals surface area contributed by atoms with Gasteiger partial charge in [0.25, 0.3) is 0 Å². The number of alkyl halides is 6. The monoisotopic (exact) mass is 584 g/mol. The lowest BCUT2D eigenvalue weighted by atomic mass is 10.1. The Balaban J connectivity index is 0.000000317. The van der Waals surface area contributed by atoms with Gasteiger partial charge in [0.2, 0.25) is 0 Å². The molecule has 1 aliphatic rings. The predicted octanol–water partition coefficient (Wildman–Crippen LogP) is 4.44. The van der Waals surface area contributed by atoms with Gasteiger partial charge in [0.15, 0.2) is 0 Å². The highest BCUT2D eigenvalue weighted by Crippen LogP contribution is 2.28. The molecule has 3 heterocycles. The summed E-state index contributed by atoms with van der Waals surface area (Å²) in [6, 6.07) is 8.14. The summed E-state index contributed by atoms with van der Waals surface area (Å²) in [7, 11) is 2.04. The fourth-order valence-electron chi connectivity index (χ4n) is 3.34. The topological polar surface area (TPSA) is 126 Å². The number of aliphatic carboxylic acids is 2. The molecule has 17 heteroatoms. The van der Waals surface area contributed by atoms with E-state index >= 15 is 0 Å². The first-order valence-electron chi connectivity index (χ1n) is 11.0. The van der Waals surface area contributed by atoms with Crippen LogP contribution in [0.25, 0.3) is 11.3 Å². The van der Waals surface area contributed by atoms with E-state index in [-0.39, 0.29) is 0 Å². The van der Waals surface area contributed by atoms with Crippen molar-refractivity contribution in [1.29, 1.82) is 0 Å². The van der Waals surface area contributed by atoms with Crippen molar-refractivity contribution in [2.45, 2.75) is 37.8 Å². The molecule has 4 rings (SSSR count). The van der Waals surface area contributed by atoms with E-state index < -0.39 is 24.3 Å². The molecule has 0 unspecified atom stereocenters. The molecule has 0 saturated carbocycles. The van der Waals surface area contributed by atoms with Crippen molar-refractivity contribution < 1.29 is 46.1 Å². The van der Waals surface area contributed by atoms with Crippen LogP contribution in [0.1, 0.15) is 24.7 Å². The first-order chi connectivity index (χ1) is 18.1. The van der Waals surface area contributed by atoms with Crippen LogP contribution in [0.5, 0.6) is 0 Å². The molecule has 10 nitrogen and oxygen atoms in total. The van der Waals surface area contributed by atoms with Crippen LogP contribution in [-0.2, 0) is 23.2 Å². The summed E-state index contributed by atoms with van der Waals surface area (Å²) in [5, 5.41) is 23.6. The molecule has 214 valence electrons. The number of hydrogen-bond donors (Lipinski definition) is 2. The molecule has 2 N–H and O–H groups in total. The Bertz CT molecular complexity index is 1210. The average molecular weight is 585 g/mol. The van der Waals surface area contributed by atoms with Crippen molar-refractivity contribution in [2.24, 2.45) is 7.05 Å². The summed E-state index contributed by atoms with van der Waals surface area (Å²) in [6.45, 7) is 2.98. The molecule has 1 fully saturated rings. The number of hydrogen-bond acceptors (Lipinski definition) is 6. The fraction of sp³-hybridized carbons (Fsp3) is 0.409. The zero-order valence-electron chi connectivity index (χ0n) is 20.2. The molecular formula is C22H23ClF6N6O4. The Hall–Kier alpha value is -3.66. The van der Waals surface area contributed by atoms with E-state index in [4.69, 9.17) is 31.4 Å². The number of carbonyl (C=O) groups is 2. The molecule has 1 saturated heterocycles. The zero-order chi connectivity index (χ0) is 29.4. The molecule has 0 atom stereocenters. The van der Waals surface area contributed by atoms with Crippen LogP contribution in [0.3, 0.4) is 0 Å². The van der Waals surface area contributed by atoms with Gasteiger partial charge in [0.05, 0.1) is 23.8 Å². The minimum absolute atomic E-state index is 0.390. The lowest BCUT2D eigenvalue weighted by molar-refractivity contribution is -0.193. The highest BCUT2D eigenvalue weighted by Gasteiger charge is 2.38. The Morgan fingerprint density at radius 1 is 1.03 bits per heavy atom. The minimum Gasteiger partial charge on any atom is -0.475 e. The quantitative estimate of drug-likeness (QED) is 0.431.